The van der Waals surface area contributed by atoms with Crippen LogP contribution in [0.15, 0.2) is 24.3 Å². The molecule has 1 aromatic rings. The summed E-state index contributed by atoms with van der Waals surface area (Å²) in [6.45, 7) is 4.40. The van der Waals surface area contributed by atoms with Crippen molar-refractivity contribution in [1.29, 1.82) is 0 Å². The highest BCUT2D eigenvalue weighted by Crippen LogP contribution is 2.26. The molecule has 3 aliphatic rings. The van der Waals surface area contributed by atoms with Crippen LogP contribution in [0.5, 0.6) is 5.75 Å². The van der Waals surface area contributed by atoms with Crippen LogP contribution < -0.4 is 4.74 Å². The van der Waals surface area contributed by atoms with E-state index in [0.29, 0.717) is 31.8 Å². The first-order chi connectivity index (χ1) is 15.0. The van der Waals surface area contributed by atoms with Gasteiger partial charge in [0.2, 0.25) is 17.7 Å². The summed E-state index contributed by atoms with van der Waals surface area (Å²) in [6, 6.07) is 7.64. The van der Waals surface area contributed by atoms with Gasteiger partial charge in [-0.05, 0) is 49.3 Å². The summed E-state index contributed by atoms with van der Waals surface area (Å²) < 4.78 is 5.24. The third-order valence-electron chi connectivity index (χ3n) is 6.92. The largest absolute Gasteiger partial charge is 0.497 e. The highest BCUT2D eigenvalue weighted by Gasteiger charge is 2.38. The zero-order valence-corrected chi connectivity index (χ0v) is 18.4. The minimum atomic E-state index is -0.171. The van der Waals surface area contributed by atoms with Gasteiger partial charge in [-0.25, -0.2) is 0 Å². The predicted octanol–water partition coefficient (Wildman–Crippen LogP) is 1.95. The van der Waals surface area contributed by atoms with Crippen LogP contribution in [0.2, 0.25) is 0 Å². The van der Waals surface area contributed by atoms with Gasteiger partial charge in [0.1, 0.15) is 5.75 Å². The molecule has 3 aliphatic heterocycles. The van der Waals surface area contributed by atoms with Crippen molar-refractivity contribution in [3.8, 4) is 5.75 Å². The number of amides is 3. The number of hydrogen-bond donors (Lipinski definition) is 0. The molecule has 1 unspecified atom stereocenters. The normalized spacial score (nSPS) is 22.3. The van der Waals surface area contributed by atoms with Gasteiger partial charge in [-0.2, -0.15) is 0 Å². The van der Waals surface area contributed by atoms with E-state index in [0.717, 1.165) is 63.2 Å². The Kier molecular flexibility index (Phi) is 6.78. The van der Waals surface area contributed by atoms with Crippen molar-refractivity contribution in [3.05, 3.63) is 29.8 Å². The molecular formula is C24H33N3O4. The molecule has 0 saturated carbocycles. The average molecular weight is 428 g/mol. The lowest BCUT2D eigenvalue weighted by molar-refractivity contribution is -0.134. The lowest BCUT2D eigenvalue weighted by atomic mass is 9.95. The highest BCUT2D eigenvalue weighted by molar-refractivity contribution is 5.89. The van der Waals surface area contributed by atoms with E-state index in [1.54, 1.807) is 7.11 Å². The minimum Gasteiger partial charge on any atom is -0.497 e. The number of rotatable bonds is 6. The van der Waals surface area contributed by atoms with Crippen LogP contribution in [0, 0.1) is 11.8 Å². The summed E-state index contributed by atoms with van der Waals surface area (Å²) in [7, 11) is 1.63. The zero-order chi connectivity index (χ0) is 21.8. The second kappa shape index (κ2) is 9.71. The van der Waals surface area contributed by atoms with Gasteiger partial charge >= 0.3 is 0 Å². The van der Waals surface area contributed by atoms with Crippen molar-refractivity contribution >= 4 is 17.7 Å². The van der Waals surface area contributed by atoms with Crippen molar-refractivity contribution < 1.29 is 19.1 Å². The van der Waals surface area contributed by atoms with Crippen LogP contribution >= 0.6 is 0 Å². The average Bonchev–Trinajstić information content (AvgIpc) is 3.44. The Balaban J connectivity index is 1.23. The number of piperidine rings is 1. The van der Waals surface area contributed by atoms with Crippen molar-refractivity contribution in [2.75, 3.05) is 46.4 Å². The molecule has 0 N–H and O–H groups in total. The molecule has 3 amide bonds. The molecule has 0 radical (unpaired) electrons. The van der Waals surface area contributed by atoms with Crippen LogP contribution in [0.1, 0.15) is 37.7 Å². The molecule has 0 aliphatic carbocycles. The number of hydrogen-bond acceptors (Lipinski definition) is 4. The highest BCUT2D eigenvalue weighted by atomic mass is 16.5. The molecule has 31 heavy (non-hydrogen) atoms. The van der Waals surface area contributed by atoms with Gasteiger partial charge in [-0.1, -0.05) is 12.1 Å². The van der Waals surface area contributed by atoms with E-state index >= 15 is 0 Å². The molecule has 7 heteroatoms. The van der Waals surface area contributed by atoms with Crippen LogP contribution in [0.3, 0.4) is 0 Å². The monoisotopic (exact) mass is 427 g/mol. The lowest BCUT2D eigenvalue weighted by Crippen LogP contribution is -2.42. The lowest BCUT2D eigenvalue weighted by Gasteiger charge is -2.34. The molecule has 4 rings (SSSR count). The molecule has 0 spiro atoms. The van der Waals surface area contributed by atoms with Crippen LogP contribution in [0.4, 0.5) is 0 Å². The predicted molar refractivity (Wildman–Crippen MR) is 117 cm³/mol. The topological polar surface area (TPSA) is 70.2 Å². The van der Waals surface area contributed by atoms with E-state index in [2.05, 4.69) is 0 Å². The van der Waals surface area contributed by atoms with Gasteiger partial charge in [-0.15, -0.1) is 0 Å². The van der Waals surface area contributed by atoms with Crippen molar-refractivity contribution in [1.82, 2.24) is 14.7 Å². The third-order valence-corrected chi connectivity index (χ3v) is 6.92. The van der Waals surface area contributed by atoms with Gasteiger partial charge in [0.15, 0.2) is 0 Å². The Bertz CT molecular complexity index is 813. The van der Waals surface area contributed by atoms with E-state index < -0.39 is 0 Å². The minimum absolute atomic E-state index is 0.106. The van der Waals surface area contributed by atoms with Gasteiger partial charge < -0.3 is 19.4 Å². The Hall–Kier alpha value is -2.57. The standard InChI is InChI=1S/C24H33N3O4/c1-31-21-6-4-5-19(13-21)14-22(28)25-11-7-18(8-12-25)16-27-17-20(15-23(27)29)24(30)26-9-2-3-10-26/h4-6,13,18,20H,2-3,7-12,14-17H2,1H3. The van der Waals surface area contributed by atoms with Crippen molar-refractivity contribution in [3.63, 3.8) is 0 Å². The Labute approximate surface area is 184 Å². The molecule has 3 fully saturated rings. The maximum atomic E-state index is 12.7. The quantitative estimate of drug-likeness (QED) is 0.696. The molecule has 7 nitrogen and oxygen atoms in total. The van der Waals surface area contributed by atoms with Gasteiger partial charge in [0, 0.05) is 45.7 Å². The Morgan fingerprint density at radius 3 is 2.52 bits per heavy atom. The second-order valence-corrected chi connectivity index (χ2v) is 9.08. The summed E-state index contributed by atoms with van der Waals surface area (Å²) in [4.78, 5) is 43.6. The number of benzene rings is 1. The maximum Gasteiger partial charge on any atom is 0.227 e. The summed E-state index contributed by atoms with van der Waals surface area (Å²) in [6.07, 6.45) is 4.69. The second-order valence-electron chi connectivity index (χ2n) is 9.08. The smallest absolute Gasteiger partial charge is 0.227 e. The van der Waals surface area contributed by atoms with Gasteiger partial charge in [0.25, 0.3) is 0 Å². The fourth-order valence-electron chi connectivity index (χ4n) is 5.06. The van der Waals surface area contributed by atoms with Crippen LogP contribution in [-0.4, -0.2) is 78.8 Å². The number of methoxy groups -OCH3 is 1. The first-order valence-corrected chi connectivity index (χ1v) is 11.5. The van der Waals surface area contributed by atoms with Crippen LogP contribution in [-0.2, 0) is 20.8 Å². The number of carbonyl (C=O) groups is 3. The summed E-state index contributed by atoms with van der Waals surface area (Å²) >= 11 is 0. The fourth-order valence-corrected chi connectivity index (χ4v) is 5.06. The number of carbonyl (C=O) groups excluding carboxylic acids is 3. The number of ether oxygens (including phenoxy) is 1. The Morgan fingerprint density at radius 1 is 1.06 bits per heavy atom. The number of likely N-dealkylation sites (tertiary alicyclic amines) is 3. The maximum absolute atomic E-state index is 12.7. The zero-order valence-electron chi connectivity index (χ0n) is 18.4. The molecule has 0 bridgehead atoms. The van der Waals surface area contributed by atoms with Crippen LogP contribution in [0.25, 0.3) is 0 Å². The number of nitrogens with zero attached hydrogens (tertiary/aromatic N) is 3. The van der Waals surface area contributed by atoms with E-state index in [9.17, 15) is 14.4 Å². The third kappa shape index (κ3) is 5.20. The molecule has 3 heterocycles. The summed E-state index contributed by atoms with van der Waals surface area (Å²) in [5.41, 5.74) is 0.961. The van der Waals surface area contributed by atoms with Gasteiger partial charge in [-0.3, -0.25) is 14.4 Å². The Morgan fingerprint density at radius 2 is 1.81 bits per heavy atom. The summed E-state index contributed by atoms with van der Waals surface area (Å²) in [5, 5.41) is 0. The van der Waals surface area contributed by atoms with Crippen molar-refractivity contribution in [2.45, 2.75) is 38.5 Å². The van der Waals surface area contributed by atoms with E-state index in [4.69, 9.17) is 4.74 Å². The van der Waals surface area contributed by atoms with E-state index in [1.807, 2.05) is 39.0 Å². The molecule has 168 valence electrons. The first-order valence-electron chi connectivity index (χ1n) is 11.5. The first kappa shape index (κ1) is 21.7. The van der Waals surface area contributed by atoms with E-state index in [1.165, 1.54) is 0 Å². The molecular weight excluding hydrogens is 394 g/mol. The van der Waals surface area contributed by atoms with Gasteiger partial charge in [0.05, 0.1) is 19.4 Å². The molecule has 0 aromatic heterocycles. The molecule has 1 atom stereocenters. The SMILES string of the molecule is COc1cccc(CC(=O)N2CCC(CN3CC(C(=O)N4CCCC4)CC3=O)CC2)c1. The fraction of sp³-hybridized carbons (Fsp3) is 0.625. The van der Waals surface area contributed by atoms with E-state index in [-0.39, 0.29) is 23.6 Å². The summed E-state index contributed by atoms with van der Waals surface area (Å²) in [5.74, 6) is 1.39. The molecule has 1 aromatic carbocycles. The van der Waals surface area contributed by atoms with Crippen molar-refractivity contribution in [2.24, 2.45) is 11.8 Å². The molecule has 3 saturated heterocycles.